The predicted octanol–water partition coefficient (Wildman–Crippen LogP) is 7.48. The maximum atomic E-state index is 13.5. The molecule has 44 heavy (non-hydrogen) atoms. The Morgan fingerprint density at radius 2 is 1.34 bits per heavy atom. The number of hydrogen-bond acceptors (Lipinski definition) is 5. The van der Waals surface area contributed by atoms with E-state index >= 15 is 0 Å². The number of carbonyl (C=O) groups excluding carboxylic acids is 4. The van der Waals surface area contributed by atoms with E-state index in [-0.39, 0.29) is 17.5 Å². The third kappa shape index (κ3) is 9.21. The fraction of sp³-hybridized carbons (Fsp3) is 0.0909. The summed E-state index contributed by atoms with van der Waals surface area (Å²) in [5.74, 6) is -1.48. The molecule has 11 heteroatoms. The number of nitrogens with one attached hydrogen (secondary N) is 4. The number of anilines is 3. The first kappa shape index (κ1) is 32.3. The van der Waals surface area contributed by atoms with Gasteiger partial charge in [0.05, 0.1) is 5.25 Å². The Bertz CT molecular complexity index is 1690. The van der Waals surface area contributed by atoms with Gasteiger partial charge in [-0.25, -0.2) is 0 Å². The van der Waals surface area contributed by atoms with E-state index in [0.717, 1.165) is 4.90 Å². The van der Waals surface area contributed by atoms with Crippen molar-refractivity contribution in [2.24, 2.45) is 0 Å². The molecule has 0 aliphatic carbocycles. The van der Waals surface area contributed by atoms with Gasteiger partial charge in [-0.05, 0) is 79.7 Å². The van der Waals surface area contributed by atoms with Crippen molar-refractivity contribution in [2.45, 2.75) is 24.0 Å². The summed E-state index contributed by atoms with van der Waals surface area (Å²) < 4.78 is 0. The lowest BCUT2D eigenvalue weighted by molar-refractivity contribution is -0.115. The van der Waals surface area contributed by atoms with E-state index in [9.17, 15) is 19.2 Å². The van der Waals surface area contributed by atoms with Crippen LogP contribution in [0.3, 0.4) is 0 Å². The second-order valence-electron chi connectivity index (χ2n) is 9.50. The van der Waals surface area contributed by atoms with Crippen molar-refractivity contribution < 1.29 is 19.2 Å². The van der Waals surface area contributed by atoms with Gasteiger partial charge in [0.2, 0.25) is 11.8 Å². The third-order valence-corrected chi connectivity index (χ3v) is 7.82. The lowest BCUT2D eigenvalue weighted by Gasteiger charge is -2.14. The van der Waals surface area contributed by atoms with Crippen LogP contribution in [0.2, 0.25) is 10.0 Å². The summed E-state index contributed by atoms with van der Waals surface area (Å²) in [6.45, 7) is 3.19. The summed E-state index contributed by atoms with van der Waals surface area (Å²) >= 11 is 14.0. The van der Waals surface area contributed by atoms with E-state index in [1.807, 2.05) is 6.07 Å². The van der Waals surface area contributed by atoms with Gasteiger partial charge in [-0.1, -0.05) is 53.5 Å². The number of carbonyl (C=O) groups is 4. The maximum Gasteiger partial charge on any atom is 0.272 e. The van der Waals surface area contributed by atoms with Crippen LogP contribution in [0.4, 0.5) is 17.1 Å². The number of amides is 4. The van der Waals surface area contributed by atoms with Crippen molar-refractivity contribution in [3.63, 3.8) is 0 Å². The molecule has 1 unspecified atom stereocenters. The molecule has 4 aromatic rings. The molecule has 0 fully saturated rings. The zero-order valence-corrected chi connectivity index (χ0v) is 26.0. The second-order valence-corrected chi connectivity index (χ2v) is 11.7. The van der Waals surface area contributed by atoms with Crippen LogP contribution in [0, 0.1) is 0 Å². The number of thioether (sulfide) groups is 1. The number of benzene rings is 4. The van der Waals surface area contributed by atoms with Crippen LogP contribution < -0.4 is 21.3 Å². The molecule has 0 heterocycles. The summed E-state index contributed by atoms with van der Waals surface area (Å²) in [6, 6.07) is 27.2. The number of halogens is 2. The highest BCUT2D eigenvalue weighted by Gasteiger charge is 2.18. The van der Waals surface area contributed by atoms with Crippen LogP contribution in [0.5, 0.6) is 0 Å². The Labute approximate surface area is 269 Å². The average molecular weight is 648 g/mol. The Balaban J connectivity index is 1.47. The van der Waals surface area contributed by atoms with E-state index in [2.05, 4.69) is 21.3 Å². The van der Waals surface area contributed by atoms with Gasteiger partial charge < -0.3 is 21.3 Å². The summed E-state index contributed by atoms with van der Waals surface area (Å²) in [4.78, 5) is 51.2. The molecule has 0 saturated heterocycles. The quantitative estimate of drug-likeness (QED) is 0.105. The van der Waals surface area contributed by atoms with Crippen LogP contribution in [-0.4, -0.2) is 28.9 Å². The standard InChI is InChI=1S/C33H28Cl2N4O4S/c1-20(31(41)37-24-16-14-23(15-17-24)36-21(2)40)44-26-11-6-10-25(18-26)38-33(43)30(19-27-28(34)12-7-13-29(27)35)39-32(42)22-8-4-3-5-9-22/h3-20H,1-2H3,(H,36,40)(H,37,41)(H,38,43)(H,39,42)/b30-19+. The minimum absolute atomic E-state index is 0.0656. The van der Waals surface area contributed by atoms with Gasteiger partial charge in [-0.2, -0.15) is 0 Å². The normalized spacial score (nSPS) is 11.7. The molecule has 4 rings (SSSR count). The van der Waals surface area contributed by atoms with Crippen LogP contribution in [0.25, 0.3) is 6.08 Å². The summed E-state index contributed by atoms with van der Waals surface area (Å²) in [5, 5.41) is 11.2. The highest BCUT2D eigenvalue weighted by Crippen LogP contribution is 2.29. The first-order valence-corrected chi connectivity index (χ1v) is 15.0. The lowest BCUT2D eigenvalue weighted by Crippen LogP contribution is -2.30. The van der Waals surface area contributed by atoms with Gasteiger partial charge in [-0.3, -0.25) is 19.2 Å². The van der Waals surface area contributed by atoms with Crippen molar-refractivity contribution in [3.8, 4) is 0 Å². The molecule has 4 N–H and O–H groups in total. The molecule has 0 radical (unpaired) electrons. The van der Waals surface area contributed by atoms with Gasteiger partial charge in [-0.15, -0.1) is 11.8 Å². The largest absolute Gasteiger partial charge is 0.326 e. The van der Waals surface area contributed by atoms with E-state index in [1.54, 1.807) is 97.9 Å². The van der Waals surface area contributed by atoms with Crippen molar-refractivity contribution in [2.75, 3.05) is 16.0 Å². The van der Waals surface area contributed by atoms with Crippen LogP contribution in [-0.2, 0) is 14.4 Å². The van der Waals surface area contributed by atoms with Crippen molar-refractivity contribution in [1.82, 2.24) is 5.32 Å². The highest BCUT2D eigenvalue weighted by molar-refractivity contribution is 8.00. The Morgan fingerprint density at radius 1 is 0.727 bits per heavy atom. The smallest absolute Gasteiger partial charge is 0.272 e. The van der Waals surface area contributed by atoms with Gasteiger partial charge in [0.15, 0.2) is 0 Å². The SMILES string of the molecule is CC(=O)Nc1ccc(NC(=O)C(C)Sc2cccc(NC(=O)/C(=C\c3c(Cl)cccc3Cl)NC(=O)c3ccccc3)c2)cc1. The van der Waals surface area contributed by atoms with Crippen LogP contribution >= 0.6 is 35.0 Å². The Morgan fingerprint density at radius 3 is 1.98 bits per heavy atom. The molecule has 1 atom stereocenters. The molecular formula is C33H28Cl2N4O4S. The second kappa shape index (κ2) is 15.2. The lowest BCUT2D eigenvalue weighted by atomic mass is 10.1. The van der Waals surface area contributed by atoms with E-state index in [1.165, 1.54) is 24.8 Å². The first-order chi connectivity index (χ1) is 21.1. The summed E-state index contributed by atoms with van der Waals surface area (Å²) in [7, 11) is 0. The molecule has 0 spiro atoms. The van der Waals surface area contributed by atoms with Gasteiger partial charge in [0.1, 0.15) is 5.70 Å². The summed E-state index contributed by atoms with van der Waals surface area (Å²) in [6.07, 6.45) is 1.43. The molecular weight excluding hydrogens is 619 g/mol. The number of rotatable bonds is 10. The van der Waals surface area contributed by atoms with Crippen LogP contribution in [0.1, 0.15) is 29.8 Å². The molecule has 8 nitrogen and oxygen atoms in total. The average Bonchev–Trinajstić information content (AvgIpc) is 2.99. The zero-order chi connectivity index (χ0) is 31.6. The van der Waals surface area contributed by atoms with Gasteiger partial charge >= 0.3 is 0 Å². The van der Waals surface area contributed by atoms with E-state index < -0.39 is 17.1 Å². The predicted molar refractivity (Wildman–Crippen MR) is 178 cm³/mol. The molecule has 4 aromatic carbocycles. The molecule has 0 bridgehead atoms. The Kier molecular flexibility index (Phi) is 11.2. The minimum Gasteiger partial charge on any atom is -0.326 e. The third-order valence-electron chi connectivity index (χ3n) is 6.06. The van der Waals surface area contributed by atoms with Crippen LogP contribution in [0.15, 0.2) is 108 Å². The number of hydrogen-bond donors (Lipinski definition) is 4. The van der Waals surface area contributed by atoms with E-state index in [0.29, 0.717) is 38.2 Å². The fourth-order valence-electron chi connectivity index (χ4n) is 3.92. The molecule has 224 valence electrons. The monoisotopic (exact) mass is 646 g/mol. The van der Waals surface area contributed by atoms with Gasteiger partial charge in [0.25, 0.3) is 11.8 Å². The Hall–Kier alpha value is -4.57. The molecule has 0 saturated carbocycles. The minimum atomic E-state index is -0.596. The fourth-order valence-corrected chi connectivity index (χ4v) is 5.36. The maximum absolute atomic E-state index is 13.5. The molecule has 0 aliphatic heterocycles. The first-order valence-electron chi connectivity index (χ1n) is 13.4. The highest BCUT2D eigenvalue weighted by atomic mass is 35.5. The van der Waals surface area contributed by atoms with Crippen molar-refractivity contribution in [1.29, 1.82) is 0 Å². The van der Waals surface area contributed by atoms with E-state index in [4.69, 9.17) is 23.2 Å². The van der Waals surface area contributed by atoms with Crippen molar-refractivity contribution >= 4 is 81.7 Å². The topological polar surface area (TPSA) is 116 Å². The molecule has 0 aliphatic rings. The molecule has 0 aromatic heterocycles. The summed E-state index contributed by atoms with van der Waals surface area (Å²) in [5.41, 5.74) is 2.35. The molecule has 4 amide bonds. The van der Waals surface area contributed by atoms with Gasteiger partial charge in [0, 0.05) is 50.1 Å². The zero-order valence-electron chi connectivity index (χ0n) is 23.7. The van der Waals surface area contributed by atoms with Crippen molar-refractivity contribution in [3.05, 3.63) is 124 Å².